The van der Waals surface area contributed by atoms with Crippen LogP contribution in [-0.2, 0) is 11.3 Å². The maximum atomic E-state index is 10.7. The molecule has 0 fully saturated rings. The summed E-state index contributed by atoms with van der Waals surface area (Å²) in [7, 11) is 0. The fourth-order valence-electron chi connectivity index (χ4n) is 1.85. The van der Waals surface area contributed by atoms with Crippen LogP contribution < -0.4 is 15.8 Å². The average molecular weight is 380 g/mol. The van der Waals surface area contributed by atoms with Crippen LogP contribution in [0.2, 0.25) is 0 Å². The second kappa shape index (κ2) is 7.59. The molecule has 0 spiro atoms. The predicted octanol–water partition coefficient (Wildman–Crippen LogP) is 2.83. The van der Waals surface area contributed by atoms with Crippen LogP contribution in [0.1, 0.15) is 5.56 Å². The molecule has 0 aliphatic heterocycles. The topological polar surface area (TPSA) is 107 Å². The Balaban J connectivity index is 2.01. The Hall–Kier alpha value is -2.61. The first-order valence-electron chi connectivity index (χ1n) is 6.63. The largest absolute Gasteiger partial charge is 0.483 e. The van der Waals surface area contributed by atoms with Crippen molar-refractivity contribution in [1.82, 2.24) is 0 Å². The summed E-state index contributed by atoms with van der Waals surface area (Å²) in [6.45, 7) is 0.291. The molecule has 0 aliphatic rings. The van der Waals surface area contributed by atoms with E-state index in [1.165, 1.54) is 12.1 Å². The van der Waals surface area contributed by atoms with Crippen molar-refractivity contribution in [1.29, 1.82) is 0 Å². The molecule has 120 valence electrons. The minimum Gasteiger partial charge on any atom is -0.483 e. The van der Waals surface area contributed by atoms with E-state index in [0.717, 1.165) is 5.56 Å². The Bertz CT molecular complexity index is 736. The van der Waals surface area contributed by atoms with Gasteiger partial charge in [-0.1, -0.05) is 12.1 Å². The van der Waals surface area contributed by atoms with E-state index in [9.17, 15) is 14.9 Å². The summed E-state index contributed by atoms with van der Waals surface area (Å²) in [6, 6.07) is 11.7. The molecule has 8 heteroatoms. The van der Waals surface area contributed by atoms with Gasteiger partial charge in [-0.2, -0.15) is 0 Å². The summed E-state index contributed by atoms with van der Waals surface area (Å²) in [4.78, 5) is 21.0. The molecule has 23 heavy (non-hydrogen) atoms. The van der Waals surface area contributed by atoms with Crippen LogP contribution in [0.15, 0.2) is 46.9 Å². The number of non-ortho nitro benzene ring substituents is 1. The summed E-state index contributed by atoms with van der Waals surface area (Å²) >= 11 is 3.36. The SMILES string of the molecule is NC(=O)COc1ccc(CNc2cccc([N+](=O)[O-])c2)cc1Br. The molecule has 3 N–H and O–H groups in total. The van der Waals surface area contributed by atoms with E-state index < -0.39 is 10.8 Å². The first-order chi connectivity index (χ1) is 11.0. The van der Waals surface area contributed by atoms with Crippen LogP contribution in [0, 0.1) is 10.1 Å². The molecule has 0 heterocycles. The Kier molecular flexibility index (Phi) is 5.53. The maximum absolute atomic E-state index is 10.7. The molecular formula is C15H14BrN3O4. The number of amides is 1. The van der Waals surface area contributed by atoms with Gasteiger partial charge in [-0.25, -0.2) is 0 Å². The van der Waals surface area contributed by atoms with Crippen molar-refractivity contribution in [3.63, 3.8) is 0 Å². The number of rotatable bonds is 7. The van der Waals surface area contributed by atoms with E-state index in [1.54, 1.807) is 18.2 Å². The molecule has 0 saturated heterocycles. The number of hydrogen-bond acceptors (Lipinski definition) is 5. The highest BCUT2D eigenvalue weighted by atomic mass is 79.9. The van der Waals surface area contributed by atoms with E-state index in [4.69, 9.17) is 10.5 Å². The lowest BCUT2D eigenvalue weighted by Gasteiger charge is -2.10. The van der Waals surface area contributed by atoms with Crippen molar-refractivity contribution < 1.29 is 14.5 Å². The Labute approximate surface area is 140 Å². The standard InChI is InChI=1S/C15H14BrN3O4/c16-13-6-10(4-5-14(13)23-9-15(17)20)8-18-11-2-1-3-12(7-11)19(21)22/h1-7,18H,8-9H2,(H2,17,20). The molecular weight excluding hydrogens is 366 g/mol. The van der Waals surface area contributed by atoms with Crippen LogP contribution in [0.5, 0.6) is 5.75 Å². The van der Waals surface area contributed by atoms with E-state index >= 15 is 0 Å². The van der Waals surface area contributed by atoms with Crippen molar-refractivity contribution in [2.45, 2.75) is 6.54 Å². The van der Waals surface area contributed by atoms with E-state index in [1.807, 2.05) is 12.1 Å². The molecule has 0 unspecified atom stereocenters. The Morgan fingerprint density at radius 2 is 2.09 bits per heavy atom. The van der Waals surface area contributed by atoms with Crippen LogP contribution >= 0.6 is 15.9 Å². The quantitative estimate of drug-likeness (QED) is 0.567. The van der Waals surface area contributed by atoms with Gasteiger partial charge >= 0.3 is 0 Å². The number of halogens is 1. The second-order valence-electron chi connectivity index (χ2n) is 4.68. The first-order valence-corrected chi connectivity index (χ1v) is 7.43. The number of benzene rings is 2. The van der Waals surface area contributed by atoms with Crippen molar-refractivity contribution >= 4 is 33.2 Å². The van der Waals surface area contributed by atoms with Crippen molar-refractivity contribution in [2.75, 3.05) is 11.9 Å². The van der Waals surface area contributed by atoms with Crippen LogP contribution in [0.25, 0.3) is 0 Å². The van der Waals surface area contributed by atoms with Gasteiger partial charge in [-0.05, 0) is 39.7 Å². The number of carbonyl (C=O) groups excluding carboxylic acids is 1. The Morgan fingerprint density at radius 3 is 2.74 bits per heavy atom. The first kappa shape index (κ1) is 16.8. The molecule has 0 aliphatic carbocycles. The fourth-order valence-corrected chi connectivity index (χ4v) is 2.39. The summed E-state index contributed by atoms with van der Waals surface area (Å²) in [6.07, 6.45) is 0. The highest BCUT2D eigenvalue weighted by molar-refractivity contribution is 9.10. The summed E-state index contributed by atoms with van der Waals surface area (Å²) in [5, 5.41) is 13.9. The zero-order chi connectivity index (χ0) is 16.8. The van der Waals surface area contributed by atoms with Crippen molar-refractivity contribution in [3.8, 4) is 5.75 Å². The average Bonchev–Trinajstić information content (AvgIpc) is 2.52. The second-order valence-corrected chi connectivity index (χ2v) is 5.54. The number of nitro groups is 1. The number of nitrogens with two attached hydrogens (primary N) is 1. The van der Waals surface area contributed by atoms with Gasteiger partial charge in [-0.15, -0.1) is 0 Å². The molecule has 1 amide bonds. The van der Waals surface area contributed by atoms with Crippen molar-refractivity contribution in [2.24, 2.45) is 5.73 Å². The van der Waals surface area contributed by atoms with Gasteiger partial charge in [0.05, 0.1) is 9.40 Å². The van der Waals surface area contributed by atoms with E-state index in [-0.39, 0.29) is 12.3 Å². The molecule has 0 radical (unpaired) electrons. The van der Waals surface area contributed by atoms with Gasteiger partial charge in [0.2, 0.25) is 0 Å². The monoisotopic (exact) mass is 379 g/mol. The number of nitrogens with one attached hydrogen (secondary N) is 1. The lowest BCUT2D eigenvalue weighted by atomic mass is 10.2. The summed E-state index contributed by atoms with van der Waals surface area (Å²) < 4.78 is 5.93. The lowest BCUT2D eigenvalue weighted by Crippen LogP contribution is -2.20. The highest BCUT2D eigenvalue weighted by Gasteiger charge is 2.07. The number of primary amides is 1. The lowest BCUT2D eigenvalue weighted by molar-refractivity contribution is -0.384. The Morgan fingerprint density at radius 1 is 1.30 bits per heavy atom. The highest BCUT2D eigenvalue weighted by Crippen LogP contribution is 2.26. The number of hydrogen-bond donors (Lipinski definition) is 2. The molecule has 0 aromatic heterocycles. The predicted molar refractivity (Wildman–Crippen MR) is 89.3 cm³/mol. The maximum Gasteiger partial charge on any atom is 0.271 e. The normalized spacial score (nSPS) is 10.1. The van der Waals surface area contributed by atoms with E-state index in [2.05, 4.69) is 21.2 Å². The smallest absolute Gasteiger partial charge is 0.271 e. The third-order valence-electron chi connectivity index (χ3n) is 2.92. The van der Waals surface area contributed by atoms with Gasteiger partial charge in [0, 0.05) is 24.4 Å². The van der Waals surface area contributed by atoms with Crippen LogP contribution in [0.3, 0.4) is 0 Å². The van der Waals surface area contributed by atoms with Gasteiger partial charge in [0.1, 0.15) is 5.75 Å². The van der Waals surface area contributed by atoms with E-state index in [0.29, 0.717) is 22.5 Å². The molecule has 0 bridgehead atoms. The number of nitro benzene ring substituents is 1. The van der Waals surface area contributed by atoms with Gasteiger partial charge in [0.15, 0.2) is 6.61 Å². The van der Waals surface area contributed by atoms with Crippen LogP contribution in [-0.4, -0.2) is 17.4 Å². The number of carbonyl (C=O) groups is 1. The number of nitrogens with zero attached hydrogens (tertiary/aromatic N) is 1. The minimum atomic E-state index is -0.548. The fraction of sp³-hybridized carbons (Fsp3) is 0.133. The number of ether oxygens (including phenoxy) is 1. The molecule has 2 aromatic carbocycles. The molecule has 7 nitrogen and oxygen atoms in total. The molecule has 0 saturated carbocycles. The molecule has 2 rings (SSSR count). The zero-order valence-corrected chi connectivity index (χ0v) is 13.6. The van der Waals surface area contributed by atoms with Gasteiger partial charge < -0.3 is 15.8 Å². The zero-order valence-electron chi connectivity index (χ0n) is 12.0. The molecule has 0 atom stereocenters. The molecule has 2 aromatic rings. The third kappa shape index (κ3) is 4.96. The van der Waals surface area contributed by atoms with Gasteiger partial charge in [0.25, 0.3) is 11.6 Å². The minimum absolute atomic E-state index is 0.0337. The third-order valence-corrected chi connectivity index (χ3v) is 3.54. The van der Waals surface area contributed by atoms with Crippen LogP contribution in [0.4, 0.5) is 11.4 Å². The summed E-state index contributed by atoms with van der Waals surface area (Å²) in [5.74, 6) is -0.0313. The van der Waals surface area contributed by atoms with Gasteiger partial charge in [-0.3, -0.25) is 14.9 Å². The van der Waals surface area contributed by atoms with Crippen molar-refractivity contribution in [3.05, 3.63) is 62.6 Å². The number of anilines is 1. The summed E-state index contributed by atoms with van der Waals surface area (Å²) in [5.41, 5.74) is 6.66.